The Kier molecular flexibility index (Phi) is 5.06. The van der Waals surface area contributed by atoms with E-state index in [1.165, 1.54) is 37.2 Å². The molecule has 0 aromatic heterocycles. The van der Waals surface area contributed by atoms with Gasteiger partial charge in [0.1, 0.15) is 0 Å². The normalized spacial score (nSPS) is 27.5. The Morgan fingerprint density at radius 1 is 1.54 bits per heavy atom. The van der Waals surface area contributed by atoms with Crippen LogP contribution in [0.2, 0.25) is 0 Å². The third-order valence-electron chi connectivity index (χ3n) is 2.87. The summed E-state index contributed by atoms with van der Waals surface area (Å²) in [6.45, 7) is 0. The van der Waals surface area contributed by atoms with E-state index >= 15 is 0 Å². The molecule has 1 aliphatic rings. The van der Waals surface area contributed by atoms with Crippen molar-refractivity contribution < 1.29 is 9.53 Å². The number of hydrogen-bond donors (Lipinski definition) is 0. The lowest BCUT2D eigenvalue weighted by atomic mass is 9.92. The molecular weight excluding hydrogens is 279 g/mol. The number of halogens is 1. The number of rotatable bonds is 4. The Balaban J connectivity index is 2.39. The largest absolute Gasteiger partial charge is 0.469 e. The number of esters is 1. The number of alkyl halides is 1. The molecule has 13 heavy (non-hydrogen) atoms. The van der Waals surface area contributed by atoms with Crippen LogP contribution in [0.3, 0.4) is 0 Å². The molecule has 2 unspecified atom stereocenters. The first-order chi connectivity index (χ1) is 6.29. The molecule has 0 N–H and O–H groups in total. The maximum Gasteiger partial charge on any atom is 0.308 e. The van der Waals surface area contributed by atoms with E-state index in [2.05, 4.69) is 22.6 Å². The van der Waals surface area contributed by atoms with Crippen molar-refractivity contribution in [2.24, 2.45) is 11.8 Å². The van der Waals surface area contributed by atoms with Crippen molar-refractivity contribution >= 4 is 28.6 Å². The second-order valence-corrected chi connectivity index (χ2v) is 4.73. The summed E-state index contributed by atoms with van der Waals surface area (Å²) in [5.41, 5.74) is 0. The highest BCUT2D eigenvalue weighted by molar-refractivity contribution is 14.1. The van der Waals surface area contributed by atoms with Crippen molar-refractivity contribution in [3.05, 3.63) is 0 Å². The molecule has 0 radical (unpaired) electrons. The molecule has 2 nitrogen and oxygen atoms in total. The van der Waals surface area contributed by atoms with Gasteiger partial charge in [-0.25, -0.2) is 0 Å². The van der Waals surface area contributed by atoms with Crippen molar-refractivity contribution in [3.8, 4) is 0 Å². The van der Waals surface area contributed by atoms with Gasteiger partial charge in [-0.1, -0.05) is 29.0 Å². The van der Waals surface area contributed by atoms with E-state index in [0.717, 1.165) is 6.42 Å². The van der Waals surface area contributed by atoms with Gasteiger partial charge >= 0.3 is 5.97 Å². The minimum atomic E-state index is 0.0101. The summed E-state index contributed by atoms with van der Waals surface area (Å²) >= 11 is 2.39. The van der Waals surface area contributed by atoms with Crippen LogP contribution in [0.25, 0.3) is 0 Å². The molecule has 0 bridgehead atoms. The van der Waals surface area contributed by atoms with Crippen molar-refractivity contribution in [2.45, 2.75) is 32.1 Å². The minimum Gasteiger partial charge on any atom is -0.469 e. The number of methoxy groups -OCH3 is 1. The van der Waals surface area contributed by atoms with Crippen LogP contribution in [0.15, 0.2) is 0 Å². The molecule has 76 valence electrons. The maximum absolute atomic E-state index is 11.4. The van der Waals surface area contributed by atoms with Crippen LogP contribution < -0.4 is 0 Å². The topological polar surface area (TPSA) is 26.3 Å². The third kappa shape index (κ3) is 3.11. The first-order valence-corrected chi connectivity index (χ1v) is 6.46. The molecule has 0 aliphatic heterocycles. The lowest BCUT2D eigenvalue weighted by molar-refractivity contribution is -0.146. The molecule has 1 rings (SSSR count). The second kappa shape index (κ2) is 5.83. The van der Waals surface area contributed by atoms with E-state index < -0.39 is 0 Å². The number of carbonyl (C=O) groups excluding carboxylic acids is 1. The molecule has 0 saturated heterocycles. The maximum atomic E-state index is 11.4. The van der Waals surface area contributed by atoms with E-state index in [1.54, 1.807) is 0 Å². The summed E-state index contributed by atoms with van der Waals surface area (Å²) in [6, 6.07) is 0. The van der Waals surface area contributed by atoms with Gasteiger partial charge in [0.2, 0.25) is 0 Å². The fourth-order valence-electron chi connectivity index (χ4n) is 2.18. The van der Waals surface area contributed by atoms with Crippen LogP contribution in [0, 0.1) is 11.8 Å². The van der Waals surface area contributed by atoms with E-state index in [0.29, 0.717) is 5.92 Å². The average molecular weight is 296 g/mol. The zero-order chi connectivity index (χ0) is 9.68. The van der Waals surface area contributed by atoms with Gasteiger partial charge in [0.05, 0.1) is 13.0 Å². The SMILES string of the molecule is COC(=O)C1CCCC1CCCI. The van der Waals surface area contributed by atoms with Crippen molar-refractivity contribution in [2.75, 3.05) is 11.5 Å². The Labute approximate surface area is 93.6 Å². The zero-order valence-corrected chi connectivity index (χ0v) is 10.2. The third-order valence-corrected chi connectivity index (χ3v) is 3.63. The molecule has 0 aromatic carbocycles. The Hall–Kier alpha value is 0.200. The fraction of sp³-hybridized carbons (Fsp3) is 0.900. The highest BCUT2D eigenvalue weighted by Gasteiger charge is 2.32. The molecule has 1 fully saturated rings. The summed E-state index contributed by atoms with van der Waals surface area (Å²) < 4.78 is 6.00. The van der Waals surface area contributed by atoms with Crippen LogP contribution in [0.4, 0.5) is 0 Å². The van der Waals surface area contributed by atoms with Crippen LogP contribution in [-0.4, -0.2) is 17.5 Å². The predicted molar refractivity (Wildman–Crippen MR) is 61.0 cm³/mol. The fourth-order valence-corrected chi connectivity index (χ4v) is 2.62. The summed E-state index contributed by atoms with van der Waals surface area (Å²) in [5.74, 6) is 0.811. The molecule has 3 heteroatoms. The first-order valence-electron chi connectivity index (χ1n) is 4.93. The van der Waals surface area contributed by atoms with Crippen LogP contribution in [0.5, 0.6) is 0 Å². The Bertz CT molecular complexity index is 170. The van der Waals surface area contributed by atoms with E-state index in [4.69, 9.17) is 4.74 Å². The average Bonchev–Trinajstić information content (AvgIpc) is 2.61. The quantitative estimate of drug-likeness (QED) is 0.453. The van der Waals surface area contributed by atoms with E-state index in [1.807, 2.05) is 0 Å². The first kappa shape index (κ1) is 11.3. The molecule has 0 amide bonds. The zero-order valence-electron chi connectivity index (χ0n) is 8.09. The number of hydrogen-bond acceptors (Lipinski definition) is 2. The number of carbonyl (C=O) groups is 1. The van der Waals surface area contributed by atoms with E-state index in [-0.39, 0.29) is 11.9 Å². The lowest BCUT2D eigenvalue weighted by Gasteiger charge is -2.16. The van der Waals surface area contributed by atoms with Gasteiger partial charge in [0, 0.05) is 0 Å². The molecule has 2 atom stereocenters. The highest BCUT2D eigenvalue weighted by Crippen LogP contribution is 2.35. The summed E-state index contributed by atoms with van der Waals surface area (Å²) in [5, 5.41) is 0. The Morgan fingerprint density at radius 2 is 2.31 bits per heavy atom. The molecule has 0 heterocycles. The summed E-state index contributed by atoms with van der Waals surface area (Å²) in [7, 11) is 1.50. The number of ether oxygens (including phenoxy) is 1. The van der Waals surface area contributed by atoms with Crippen molar-refractivity contribution in [1.29, 1.82) is 0 Å². The predicted octanol–water partition coefficient (Wildman–Crippen LogP) is 2.79. The van der Waals surface area contributed by atoms with Gasteiger partial charge in [-0.2, -0.15) is 0 Å². The second-order valence-electron chi connectivity index (χ2n) is 3.65. The summed E-state index contributed by atoms with van der Waals surface area (Å²) in [4.78, 5) is 11.4. The van der Waals surface area contributed by atoms with Crippen molar-refractivity contribution in [3.63, 3.8) is 0 Å². The van der Waals surface area contributed by atoms with Crippen LogP contribution in [-0.2, 0) is 9.53 Å². The smallest absolute Gasteiger partial charge is 0.308 e. The van der Waals surface area contributed by atoms with Crippen LogP contribution >= 0.6 is 22.6 Å². The van der Waals surface area contributed by atoms with Gasteiger partial charge in [0.15, 0.2) is 0 Å². The van der Waals surface area contributed by atoms with Gasteiger partial charge in [-0.3, -0.25) is 4.79 Å². The molecular formula is C10H17IO2. The molecule has 1 saturated carbocycles. The molecule has 0 spiro atoms. The van der Waals surface area contributed by atoms with Crippen LogP contribution in [0.1, 0.15) is 32.1 Å². The lowest BCUT2D eigenvalue weighted by Crippen LogP contribution is -2.20. The molecule has 0 aromatic rings. The molecule has 1 aliphatic carbocycles. The standard InChI is InChI=1S/C10H17IO2/c1-13-10(12)9-6-2-4-8(9)5-3-7-11/h8-9H,2-7H2,1H3. The monoisotopic (exact) mass is 296 g/mol. The Morgan fingerprint density at radius 3 is 2.92 bits per heavy atom. The summed E-state index contributed by atoms with van der Waals surface area (Å²) in [6.07, 6.45) is 5.89. The van der Waals surface area contributed by atoms with E-state index in [9.17, 15) is 4.79 Å². The van der Waals surface area contributed by atoms with Gasteiger partial charge < -0.3 is 4.74 Å². The van der Waals surface area contributed by atoms with Crippen molar-refractivity contribution in [1.82, 2.24) is 0 Å². The van der Waals surface area contributed by atoms with Gasteiger partial charge in [-0.05, 0) is 36.0 Å². The minimum absolute atomic E-state index is 0.0101. The van der Waals surface area contributed by atoms with Gasteiger partial charge in [0.25, 0.3) is 0 Å². The highest BCUT2D eigenvalue weighted by atomic mass is 127. The van der Waals surface area contributed by atoms with Gasteiger partial charge in [-0.15, -0.1) is 0 Å².